The van der Waals surface area contributed by atoms with Crippen LogP contribution in [0.15, 0.2) is 45.4 Å². The molecule has 2 rings (SSSR count). The zero-order chi connectivity index (χ0) is 30.8. The molecular formula is C23H15Br2ClF10N2O2. The third-order valence-corrected chi connectivity index (χ3v) is 7.23. The highest BCUT2D eigenvalue weighted by Gasteiger charge is 2.41. The fourth-order valence-electron chi connectivity index (χ4n) is 3.25. The van der Waals surface area contributed by atoms with Gasteiger partial charge in [0.2, 0.25) is 5.91 Å². The smallest absolute Gasteiger partial charge is 0.343 e. The molecule has 4 nitrogen and oxygen atoms in total. The highest BCUT2D eigenvalue weighted by atomic mass is 79.9. The molecule has 2 aromatic carbocycles. The van der Waals surface area contributed by atoms with Gasteiger partial charge in [0.15, 0.2) is 0 Å². The van der Waals surface area contributed by atoms with Crippen LogP contribution >= 0.6 is 43.5 Å². The van der Waals surface area contributed by atoms with Crippen molar-refractivity contribution in [3.63, 3.8) is 0 Å². The van der Waals surface area contributed by atoms with Crippen molar-refractivity contribution < 1.29 is 53.5 Å². The number of allylic oxidation sites excluding steroid dienone is 1. The Balaban J connectivity index is 2.42. The van der Waals surface area contributed by atoms with Gasteiger partial charge in [-0.3, -0.25) is 9.59 Å². The first-order chi connectivity index (χ1) is 18.1. The summed E-state index contributed by atoms with van der Waals surface area (Å²) >= 11 is 11.8. The van der Waals surface area contributed by atoms with Crippen molar-refractivity contribution in [2.24, 2.45) is 0 Å². The Hall–Kier alpha value is -2.33. The van der Waals surface area contributed by atoms with Crippen LogP contribution in [0.3, 0.4) is 0 Å². The molecule has 2 amide bonds. The van der Waals surface area contributed by atoms with Crippen LogP contribution in [0.5, 0.6) is 0 Å². The molecule has 40 heavy (non-hydrogen) atoms. The Morgan fingerprint density at radius 1 is 1.00 bits per heavy atom. The van der Waals surface area contributed by atoms with E-state index < -0.39 is 77.4 Å². The summed E-state index contributed by atoms with van der Waals surface area (Å²) in [5, 5.41) is 1.76. The van der Waals surface area contributed by atoms with E-state index in [0.717, 1.165) is 19.2 Å². The van der Waals surface area contributed by atoms with Crippen LogP contribution in [0.2, 0.25) is 5.02 Å². The summed E-state index contributed by atoms with van der Waals surface area (Å²) in [7, 11) is 0.753. The Morgan fingerprint density at radius 3 is 2.02 bits per heavy atom. The fraction of sp³-hybridized carbons (Fsp3) is 0.304. The van der Waals surface area contributed by atoms with Gasteiger partial charge in [0, 0.05) is 21.6 Å². The van der Waals surface area contributed by atoms with Gasteiger partial charge in [-0.15, -0.1) is 0 Å². The third-order valence-electron chi connectivity index (χ3n) is 5.12. The summed E-state index contributed by atoms with van der Waals surface area (Å²) in [5.74, 6) is -7.13. The van der Waals surface area contributed by atoms with Crippen molar-refractivity contribution in [2.45, 2.75) is 24.4 Å². The van der Waals surface area contributed by atoms with Gasteiger partial charge in [-0.05, 0) is 67.8 Å². The van der Waals surface area contributed by atoms with Crippen molar-refractivity contribution in [3.8, 4) is 0 Å². The largest absolute Gasteiger partial charge is 0.417 e. The second-order valence-corrected chi connectivity index (χ2v) is 10.2. The minimum Gasteiger partial charge on any atom is -0.343 e. The molecule has 0 aliphatic carbocycles. The molecule has 0 bridgehead atoms. The number of likely N-dealkylation sites (N-methyl/N-ethyl adjacent to an activating group) is 1. The lowest BCUT2D eigenvalue weighted by Crippen LogP contribution is -2.42. The Bertz CT molecular complexity index is 1290. The molecule has 0 saturated heterocycles. The molecule has 1 atom stereocenters. The summed E-state index contributed by atoms with van der Waals surface area (Å²) in [6, 6.07) is 3.07. The number of carbonyl (C=O) groups excluding carboxylic acids is 2. The van der Waals surface area contributed by atoms with Crippen LogP contribution in [0, 0.1) is 0 Å². The van der Waals surface area contributed by atoms with E-state index >= 15 is 0 Å². The van der Waals surface area contributed by atoms with Gasteiger partial charge in [-0.1, -0.05) is 17.7 Å². The van der Waals surface area contributed by atoms with E-state index in [9.17, 15) is 53.5 Å². The van der Waals surface area contributed by atoms with Gasteiger partial charge >= 0.3 is 18.5 Å². The quantitative estimate of drug-likeness (QED) is 0.230. The number of benzene rings is 2. The van der Waals surface area contributed by atoms with Crippen LogP contribution < -0.4 is 5.32 Å². The number of nitrogens with one attached hydrogen (secondary N) is 1. The van der Waals surface area contributed by atoms with Crippen LogP contribution in [0.1, 0.15) is 33.0 Å². The maximum atomic E-state index is 15.0. The number of rotatable bonds is 7. The number of hydrogen-bond donors (Lipinski definition) is 1. The number of carbonyl (C=O) groups is 2. The molecule has 0 saturated carbocycles. The monoisotopic (exact) mass is 734 g/mol. The summed E-state index contributed by atoms with van der Waals surface area (Å²) in [5.41, 5.74) is -4.36. The van der Waals surface area contributed by atoms with E-state index in [0.29, 0.717) is 12.1 Å². The van der Waals surface area contributed by atoms with Crippen LogP contribution in [-0.4, -0.2) is 49.2 Å². The molecule has 0 aromatic heterocycles. The molecule has 0 aliphatic rings. The van der Waals surface area contributed by atoms with Crippen molar-refractivity contribution in [3.05, 3.63) is 72.6 Å². The van der Waals surface area contributed by atoms with Gasteiger partial charge in [0.1, 0.15) is 18.3 Å². The normalized spacial score (nSPS) is 13.7. The summed E-state index contributed by atoms with van der Waals surface area (Å²) in [4.78, 5) is 24.3. The van der Waals surface area contributed by atoms with Gasteiger partial charge < -0.3 is 10.2 Å². The van der Waals surface area contributed by atoms with E-state index in [4.69, 9.17) is 11.6 Å². The van der Waals surface area contributed by atoms with Crippen LogP contribution in [0.4, 0.5) is 43.9 Å². The lowest BCUT2D eigenvalue weighted by Gasteiger charge is -2.20. The Morgan fingerprint density at radius 2 is 1.55 bits per heavy atom. The molecule has 0 aliphatic heterocycles. The standard InChI is InChI=1S/C23H15Br2ClF10N2O2/c1-38(9-21(28,29)30)18(39)8-37-20(40)12-3-2-10(4-14(12)23(34,35)36)17(27)7-13(22(31,32)33)11-5-15(24)19(26)16(25)6-11/h2-7,13H,8-9H2,1H3,(H,37,40)/b17-7-. The van der Waals surface area contributed by atoms with Crippen LogP contribution in [-0.2, 0) is 11.0 Å². The number of hydrogen-bond acceptors (Lipinski definition) is 2. The molecule has 0 fully saturated rings. The van der Waals surface area contributed by atoms with Crippen molar-refractivity contribution in [1.82, 2.24) is 10.2 Å². The number of amides is 2. The predicted octanol–water partition coefficient (Wildman–Crippen LogP) is 8.29. The summed E-state index contributed by atoms with van der Waals surface area (Å²) in [6.07, 6.45) is -15.1. The Kier molecular flexibility index (Phi) is 10.7. The predicted molar refractivity (Wildman–Crippen MR) is 132 cm³/mol. The highest BCUT2D eigenvalue weighted by Crippen LogP contribution is 2.43. The highest BCUT2D eigenvalue weighted by molar-refractivity contribution is 9.11. The number of halogens is 13. The van der Waals surface area contributed by atoms with E-state index in [1.807, 2.05) is 0 Å². The van der Waals surface area contributed by atoms with Crippen molar-refractivity contribution in [1.29, 1.82) is 0 Å². The molecule has 0 spiro atoms. The topological polar surface area (TPSA) is 49.4 Å². The summed E-state index contributed by atoms with van der Waals surface area (Å²) < 4.78 is 135. The van der Waals surface area contributed by atoms with Gasteiger partial charge in [-0.25, -0.2) is 4.39 Å². The Labute approximate surface area is 241 Å². The summed E-state index contributed by atoms with van der Waals surface area (Å²) in [6.45, 7) is -2.78. The molecule has 1 unspecified atom stereocenters. The lowest BCUT2D eigenvalue weighted by molar-refractivity contribution is -0.157. The lowest BCUT2D eigenvalue weighted by atomic mass is 9.95. The fourth-order valence-corrected chi connectivity index (χ4v) is 4.58. The van der Waals surface area contributed by atoms with E-state index in [1.54, 1.807) is 5.32 Å². The maximum absolute atomic E-state index is 15.0. The SMILES string of the molecule is CN(CC(F)(F)F)C(=O)CNC(=O)c1ccc(/C(F)=C/C(c2cc(Br)c(Cl)c(Br)c2)C(F)(F)F)cc1C(F)(F)F. The van der Waals surface area contributed by atoms with E-state index in [2.05, 4.69) is 31.9 Å². The molecule has 2 aromatic rings. The van der Waals surface area contributed by atoms with E-state index in [-0.39, 0.29) is 31.0 Å². The first-order valence-corrected chi connectivity index (χ1v) is 12.5. The minimum absolute atomic E-state index is 0.0199. The minimum atomic E-state index is -5.31. The molecule has 0 heterocycles. The molecule has 220 valence electrons. The zero-order valence-corrected chi connectivity index (χ0v) is 23.6. The molecule has 1 N–H and O–H groups in total. The number of alkyl halides is 9. The second-order valence-electron chi connectivity index (χ2n) is 8.14. The average molecular weight is 737 g/mol. The van der Waals surface area contributed by atoms with E-state index in [1.165, 1.54) is 0 Å². The molecular weight excluding hydrogens is 722 g/mol. The molecule has 17 heteroatoms. The second kappa shape index (κ2) is 12.7. The van der Waals surface area contributed by atoms with Gasteiger partial charge in [-0.2, -0.15) is 39.5 Å². The maximum Gasteiger partial charge on any atom is 0.417 e. The van der Waals surface area contributed by atoms with Crippen molar-refractivity contribution >= 4 is 61.1 Å². The average Bonchev–Trinajstić information content (AvgIpc) is 2.80. The first-order valence-electron chi connectivity index (χ1n) is 10.5. The molecule has 0 radical (unpaired) electrons. The van der Waals surface area contributed by atoms with Gasteiger partial charge in [0.25, 0.3) is 5.91 Å². The zero-order valence-electron chi connectivity index (χ0n) is 19.6. The van der Waals surface area contributed by atoms with Crippen LogP contribution in [0.25, 0.3) is 5.83 Å². The first kappa shape index (κ1) is 33.9. The third kappa shape index (κ3) is 9.09. The van der Waals surface area contributed by atoms with Gasteiger partial charge in [0.05, 0.1) is 22.7 Å². The number of nitrogens with zero attached hydrogens (tertiary/aromatic N) is 1. The van der Waals surface area contributed by atoms with Crippen molar-refractivity contribution in [2.75, 3.05) is 20.1 Å².